The van der Waals surface area contributed by atoms with Crippen LogP contribution in [0.25, 0.3) is 10.8 Å². The van der Waals surface area contributed by atoms with Gasteiger partial charge in [0.05, 0.1) is 6.61 Å². The van der Waals surface area contributed by atoms with Gasteiger partial charge in [0.25, 0.3) is 0 Å². The number of aliphatic hydroxyl groups excluding tert-OH is 1. The van der Waals surface area contributed by atoms with Crippen molar-refractivity contribution in [1.29, 1.82) is 0 Å². The van der Waals surface area contributed by atoms with Crippen LogP contribution in [-0.2, 0) is 6.42 Å². The Hall–Kier alpha value is -1.38. The Kier molecular flexibility index (Phi) is 3.29. The zero-order valence-corrected chi connectivity index (χ0v) is 11.2. The van der Waals surface area contributed by atoms with Gasteiger partial charge in [0.1, 0.15) is 0 Å². The van der Waals surface area contributed by atoms with Crippen LogP contribution in [0.4, 0.5) is 0 Å². The van der Waals surface area contributed by atoms with Gasteiger partial charge in [-0.25, -0.2) is 0 Å². The highest BCUT2D eigenvalue weighted by Crippen LogP contribution is 2.47. The summed E-state index contributed by atoms with van der Waals surface area (Å²) in [5.74, 6) is 0.599. The quantitative estimate of drug-likeness (QED) is 0.863. The molecule has 100 valence electrons. The van der Waals surface area contributed by atoms with Crippen molar-refractivity contribution in [1.82, 2.24) is 0 Å². The van der Waals surface area contributed by atoms with E-state index in [0.717, 1.165) is 6.42 Å². The molecule has 0 aliphatic heterocycles. The van der Waals surface area contributed by atoms with Gasteiger partial charge in [0.15, 0.2) is 0 Å². The molecule has 0 heterocycles. The number of benzene rings is 2. The standard InChI is InChI=1S/C17H21NO/c18-11-17(12-19,15-8-9-15)10-14-6-3-5-13-4-1-2-7-16(13)14/h1-7,15,19H,8-12,18H2. The van der Waals surface area contributed by atoms with E-state index in [-0.39, 0.29) is 12.0 Å². The Labute approximate surface area is 114 Å². The maximum Gasteiger partial charge on any atom is 0.0505 e. The molecule has 3 rings (SSSR count). The van der Waals surface area contributed by atoms with Gasteiger partial charge in [-0.3, -0.25) is 0 Å². The highest BCUT2D eigenvalue weighted by Gasteiger charge is 2.43. The molecule has 0 radical (unpaired) electrons. The van der Waals surface area contributed by atoms with Gasteiger partial charge in [0, 0.05) is 12.0 Å². The second-order valence-electron chi connectivity index (χ2n) is 5.81. The van der Waals surface area contributed by atoms with Crippen molar-refractivity contribution < 1.29 is 5.11 Å². The highest BCUT2D eigenvalue weighted by molar-refractivity contribution is 5.85. The van der Waals surface area contributed by atoms with E-state index >= 15 is 0 Å². The molecule has 1 atom stereocenters. The predicted molar refractivity (Wildman–Crippen MR) is 78.9 cm³/mol. The summed E-state index contributed by atoms with van der Waals surface area (Å²) in [7, 11) is 0. The third kappa shape index (κ3) is 2.26. The van der Waals surface area contributed by atoms with Gasteiger partial charge in [0.2, 0.25) is 0 Å². The molecule has 2 heteroatoms. The third-order valence-electron chi connectivity index (χ3n) is 4.59. The van der Waals surface area contributed by atoms with E-state index in [0.29, 0.717) is 12.5 Å². The van der Waals surface area contributed by atoms with Gasteiger partial charge in [-0.2, -0.15) is 0 Å². The average Bonchev–Trinajstić information content (AvgIpc) is 3.30. The van der Waals surface area contributed by atoms with Gasteiger partial charge in [-0.15, -0.1) is 0 Å². The summed E-state index contributed by atoms with van der Waals surface area (Å²) in [5.41, 5.74) is 7.18. The van der Waals surface area contributed by atoms with Crippen LogP contribution < -0.4 is 5.73 Å². The number of hydrogen-bond acceptors (Lipinski definition) is 2. The molecule has 1 aliphatic rings. The fourth-order valence-corrected chi connectivity index (χ4v) is 3.15. The average molecular weight is 255 g/mol. The Bertz CT molecular complexity index is 565. The molecule has 0 saturated heterocycles. The monoisotopic (exact) mass is 255 g/mol. The van der Waals surface area contributed by atoms with Crippen LogP contribution in [0.15, 0.2) is 42.5 Å². The van der Waals surface area contributed by atoms with Crippen molar-refractivity contribution in [2.24, 2.45) is 17.1 Å². The largest absolute Gasteiger partial charge is 0.396 e. The first-order valence-electron chi connectivity index (χ1n) is 7.07. The Morgan fingerprint density at radius 3 is 2.53 bits per heavy atom. The second-order valence-corrected chi connectivity index (χ2v) is 5.81. The first kappa shape index (κ1) is 12.6. The lowest BCUT2D eigenvalue weighted by Gasteiger charge is -2.31. The molecule has 0 bridgehead atoms. The lowest BCUT2D eigenvalue weighted by Crippen LogP contribution is -2.38. The summed E-state index contributed by atoms with van der Waals surface area (Å²) in [5, 5.41) is 12.4. The first-order chi connectivity index (χ1) is 9.29. The molecule has 2 nitrogen and oxygen atoms in total. The molecule has 1 aliphatic carbocycles. The maximum atomic E-state index is 9.84. The van der Waals surface area contributed by atoms with Crippen LogP contribution in [0.2, 0.25) is 0 Å². The van der Waals surface area contributed by atoms with Crippen molar-refractivity contribution in [2.45, 2.75) is 19.3 Å². The molecule has 3 N–H and O–H groups in total. The summed E-state index contributed by atoms with van der Waals surface area (Å²) in [4.78, 5) is 0. The number of hydrogen-bond donors (Lipinski definition) is 2. The van der Waals surface area contributed by atoms with E-state index in [1.54, 1.807) is 0 Å². The number of aliphatic hydroxyl groups is 1. The molecule has 1 unspecified atom stereocenters. The highest BCUT2D eigenvalue weighted by atomic mass is 16.3. The van der Waals surface area contributed by atoms with Crippen molar-refractivity contribution in [3.05, 3.63) is 48.0 Å². The van der Waals surface area contributed by atoms with E-state index in [9.17, 15) is 5.11 Å². The van der Waals surface area contributed by atoms with Gasteiger partial charge in [-0.05, 0) is 41.5 Å². The molecule has 2 aromatic rings. The smallest absolute Gasteiger partial charge is 0.0505 e. The molecule has 0 amide bonds. The van der Waals surface area contributed by atoms with Crippen LogP contribution in [-0.4, -0.2) is 18.3 Å². The van der Waals surface area contributed by atoms with E-state index in [2.05, 4.69) is 42.5 Å². The summed E-state index contributed by atoms with van der Waals surface area (Å²) < 4.78 is 0. The van der Waals surface area contributed by atoms with Crippen molar-refractivity contribution >= 4 is 10.8 Å². The molecule has 0 aromatic heterocycles. The van der Waals surface area contributed by atoms with Crippen molar-refractivity contribution in [2.75, 3.05) is 13.2 Å². The lowest BCUT2D eigenvalue weighted by molar-refractivity contribution is 0.109. The maximum absolute atomic E-state index is 9.84. The van der Waals surface area contributed by atoms with Crippen molar-refractivity contribution in [3.8, 4) is 0 Å². The van der Waals surface area contributed by atoms with E-state index in [1.807, 2.05) is 0 Å². The first-order valence-corrected chi connectivity index (χ1v) is 7.07. The molecular weight excluding hydrogens is 234 g/mol. The van der Waals surface area contributed by atoms with Crippen LogP contribution in [0.5, 0.6) is 0 Å². The summed E-state index contributed by atoms with van der Waals surface area (Å²) >= 11 is 0. The Balaban J connectivity index is 2.00. The fourth-order valence-electron chi connectivity index (χ4n) is 3.15. The van der Waals surface area contributed by atoms with E-state index in [1.165, 1.54) is 29.2 Å². The third-order valence-corrected chi connectivity index (χ3v) is 4.59. The lowest BCUT2D eigenvalue weighted by atomic mass is 9.77. The van der Waals surface area contributed by atoms with Crippen LogP contribution in [0, 0.1) is 11.3 Å². The van der Waals surface area contributed by atoms with Crippen molar-refractivity contribution in [3.63, 3.8) is 0 Å². The summed E-state index contributed by atoms with van der Waals surface area (Å²) in [6.07, 6.45) is 3.30. The molecule has 19 heavy (non-hydrogen) atoms. The zero-order chi connectivity index (χ0) is 13.3. The molecule has 1 fully saturated rings. The normalized spacial score (nSPS) is 18.4. The van der Waals surface area contributed by atoms with Gasteiger partial charge >= 0.3 is 0 Å². The number of rotatable bonds is 5. The van der Waals surface area contributed by atoms with Crippen LogP contribution in [0.3, 0.4) is 0 Å². The van der Waals surface area contributed by atoms with Crippen LogP contribution in [0.1, 0.15) is 18.4 Å². The SMILES string of the molecule is NCC(CO)(Cc1cccc2ccccc12)C1CC1. The predicted octanol–water partition coefficient (Wildman–Crippen LogP) is 2.73. The summed E-state index contributed by atoms with van der Waals surface area (Å²) in [6, 6.07) is 14.9. The van der Waals surface area contributed by atoms with E-state index < -0.39 is 0 Å². The topological polar surface area (TPSA) is 46.2 Å². The fraction of sp³-hybridized carbons (Fsp3) is 0.412. The minimum Gasteiger partial charge on any atom is -0.396 e. The molecule has 0 spiro atoms. The van der Waals surface area contributed by atoms with Crippen LogP contribution >= 0.6 is 0 Å². The number of fused-ring (bicyclic) bond motifs is 1. The second kappa shape index (κ2) is 4.95. The Morgan fingerprint density at radius 2 is 1.84 bits per heavy atom. The summed E-state index contributed by atoms with van der Waals surface area (Å²) in [6.45, 7) is 0.759. The molecule has 1 saturated carbocycles. The Morgan fingerprint density at radius 1 is 1.11 bits per heavy atom. The minimum absolute atomic E-state index is 0.121. The minimum atomic E-state index is -0.121. The zero-order valence-electron chi connectivity index (χ0n) is 11.2. The number of nitrogens with two attached hydrogens (primary N) is 1. The molecule has 2 aromatic carbocycles. The van der Waals surface area contributed by atoms with E-state index in [4.69, 9.17) is 5.73 Å². The van der Waals surface area contributed by atoms with Gasteiger partial charge in [-0.1, -0.05) is 42.5 Å². The molecular formula is C17H21NO. The van der Waals surface area contributed by atoms with Gasteiger partial charge < -0.3 is 10.8 Å².